The van der Waals surface area contributed by atoms with Gasteiger partial charge in [-0.05, 0) is 31.7 Å². The number of amides is 1. The second kappa shape index (κ2) is 7.87. The Hall–Kier alpha value is -2.48. The fraction of sp³-hybridized carbons (Fsp3) is 0.500. The maximum atomic E-state index is 12.2. The Morgan fingerprint density at radius 3 is 2.54 bits per heavy atom. The first kappa shape index (κ1) is 17.9. The van der Waals surface area contributed by atoms with Gasteiger partial charge in [0.15, 0.2) is 0 Å². The van der Waals surface area contributed by atoms with Crippen LogP contribution in [-0.2, 0) is 9.59 Å². The van der Waals surface area contributed by atoms with E-state index in [9.17, 15) is 24.8 Å². The number of likely N-dealkylation sites (tertiary alicyclic amines) is 1. The molecule has 1 aliphatic rings. The van der Waals surface area contributed by atoms with Crippen molar-refractivity contribution in [1.82, 2.24) is 0 Å². The molecule has 0 spiro atoms. The summed E-state index contributed by atoms with van der Waals surface area (Å²) in [5, 5.41) is 24.8. The summed E-state index contributed by atoms with van der Waals surface area (Å²) in [7, 11) is 0. The molecule has 1 aromatic carbocycles. The van der Waals surface area contributed by atoms with Crippen molar-refractivity contribution in [1.29, 1.82) is 0 Å². The third-order valence-electron chi connectivity index (χ3n) is 4.37. The minimum Gasteiger partial charge on any atom is -0.544 e. The van der Waals surface area contributed by atoms with Crippen molar-refractivity contribution < 1.29 is 24.5 Å². The monoisotopic (exact) mass is 335 g/mol. The van der Waals surface area contributed by atoms with Crippen LogP contribution >= 0.6 is 0 Å². The lowest BCUT2D eigenvalue weighted by Gasteiger charge is -2.31. The average Bonchev–Trinajstić information content (AvgIpc) is 2.55. The number of anilines is 1. The highest BCUT2D eigenvalue weighted by atomic mass is 16.6. The van der Waals surface area contributed by atoms with E-state index in [1.165, 1.54) is 12.1 Å². The van der Waals surface area contributed by atoms with E-state index in [0.29, 0.717) is 24.3 Å². The predicted octanol–water partition coefficient (Wildman–Crippen LogP) is -0.581. The van der Waals surface area contributed by atoms with Gasteiger partial charge in [-0.1, -0.05) is 6.07 Å². The molecule has 24 heavy (non-hydrogen) atoms. The summed E-state index contributed by atoms with van der Waals surface area (Å²) >= 11 is 0. The molecule has 0 saturated carbocycles. The molecular weight excluding hydrogens is 314 g/mol. The number of aliphatic carboxylic acids is 1. The molecule has 2 rings (SSSR count). The number of nitrogens with one attached hydrogen (secondary N) is 2. The molecular formula is C16H21N3O5. The predicted molar refractivity (Wildman–Crippen MR) is 84.4 cm³/mol. The van der Waals surface area contributed by atoms with Crippen LogP contribution in [0, 0.1) is 17.0 Å². The zero-order valence-corrected chi connectivity index (χ0v) is 13.5. The van der Waals surface area contributed by atoms with Gasteiger partial charge in [0.2, 0.25) is 5.91 Å². The molecule has 0 radical (unpaired) electrons. The average molecular weight is 335 g/mol. The maximum Gasteiger partial charge on any atom is 0.271 e. The summed E-state index contributed by atoms with van der Waals surface area (Å²) in [6, 6.07) is 3.27. The zero-order chi connectivity index (χ0) is 17.7. The van der Waals surface area contributed by atoms with Crippen LogP contribution in [0.2, 0.25) is 0 Å². The van der Waals surface area contributed by atoms with Crippen LogP contribution in [0.1, 0.15) is 31.2 Å². The Kier molecular flexibility index (Phi) is 5.86. The van der Waals surface area contributed by atoms with Crippen molar-refractivity contribution in [2.75, 3.05) is 18.4 Å². The van der Waals surface area contributed by atoms with E-state index in [0.717, 1.165) is 24.2 Å². The van der Waals surface area contributed by atoms with Gasteiger partial charge < -0.3 is 20.1 Å². The van der Waals surface area contributed by atoms with E-state index in [2.05, 4.69) is 5.32 Å². The lowest BCUT2D eigenvalue weighted by Crippen LogP contribution is -3.18. The smallest absolute Gasteiger partial charge is 0.271 e. The van der Waals surface area contributed by atoms with Gasteiger partial charge >= 0.3 is 0 Å². The third kappa shape index (κ3) is 4.51. The molecule has 1 saturated heterocycles. The second-order valence-corrected chi connectivity index (χ2v) is 6.10. The van der Waals surface area contributed by atoms with Gasteiger partial charge in [-0.25, -0.2) is 0 Å². The van der Waals surface area contributed by atoms with Gasteiger partial charge in [0.25, 0.3) is 5.69 Å². The van der Waals surface area contributed by atoms with Crippen LogP contribution in [0.3, 0.4) is 0 Å². The largest absolute Gasteiger partial charge is 0.544 e. The number of nitro groups is 1. The van der Waals surface area contributed by atoms with E-state index in [4.69, 9.17) is 0 Å². The lowest BCUT2D eigenvalue weighted by atomic mass is 10.1. The highest BCUT2D eigenvalue weighted by Crippen LogP contribution is 2.22. The molecule has 0 bridgehead atoms. The molecule has 1 fully saturated rings. The molecule has 1 amide bonds. The van der Waals surface area contributed by atoms with E-state index < -0.39 is 22.8 Å². The summed E-state index contributed by atoms with van der Waals surface area (Å²) in [5.41, 5.74) is 0.859. The van der Waals surface area contributed by atoms with E-state index in [-0.39, 0.29) is 12.1 Å². The number of hydrogen-bond acceptors (Lipinski definition) is 5. The molecule has 2 N–H and O–H groups in total. The summed E-state index contributed by atoms with van der Waals surface area (Å²) in [5.74, 6) is -1.72. The summed E-state index contributed by atoms with van der Waals surface area (Å²) in [6.45, 7) is 3.13. The number of aryl methyl sites for hydroxylation is 1. The SMILES string of the molecule is Cc1ccc([N+](=O)[O-])cc1NC(=O)C[C@H](C(=O)[O-])[NH+]1CCCCC1. The normalized spacial score (nSPS) is 16.4. The number of carbonyl (C=O) groups excluding carboxylic acids is 2. The Labute approximate surface area is 139 Å². The Morgan fingerprint density at radius 1 is 1.29 bits per heavy atom. The first-order valence-corrected chi connectivity index (χ1v) is 7.99. The highest BCUT2D eigenvalue weighted by molar-refractivity contribution is 5.94. The maximum absolute atomic E-state index is 12.2. The number of hydrogen-bond donors (Lipinski definition) is 2. The standard InChI is InChI=1S/C16H21N3O5/c1-11-5-6-12(19(23)24)9-13(11)17-15(20)10-14(16(21)22)18-7-3-2-4-8-18/h5-6,9,14H,2-4,7-8,10H2,1H3,(H,17,20)(H,21,22)/t14-/m1/s1. The number of carboxylic acids is 1. The summed E-state index contributed by atoms with van der Waals surface area (Å²) in [4.78, 5) is 34.8. The summed E-state index contributed by atoms with van der Waals surface area (Å²) in [6.07, 6.45) is 2.73. The molecule has 1 aliphatic heterocycles. The van der Waals surface area contributed by atoms with Crippen LogP contribution in [0.25, 0.3) is 0 Å². The molecule has 0 aliphatic carbocycles. The summed E-state index contributed by atoms with van der Waals surface area (Å²) < 4.78 is 0. The van der Waals surface area contributed by atoms with Gasteiger partial charge in [-0.15, -0.1) is 0 Å². The molecule has 1 heterocycles. The van der Waals surface area contributed by atoms with Gasteiger partial charge in [0, 0.05) is 12.1 Å². The fourth-order valence-electron chi connectivity index (χ4n) is 2.99. The van der Waals surface area contributed by atoms with E-state index in [1.54, 1.807) is 13.0 Å². The zero-order valence-electron chi connectivity index (χ0n) is 13.5. The fourth-order valence-corrected chi connectivity index (χ4v) is 2.99. The molecule has 8 heteroatoms. The highest BCUT2D eigenvalue weighted by Gasteiger charge is 2.28. The van der Waals surface area contributed by atoms with Crippen LogP contribution in [0.4, 0.5) is 11.4 Å². The molecule has 0 aromatic heterocycles. The van der Waals surface area contributed by atoms with Crippen molar-refractivity contribution in [2.45, 2.75) is 38.6 Å². The van der Waals surface area contributed by atoms with E-state index >= 15 is 0 Å². The number of non-ortho nitro benzene ring substituents is 1. The quantitative estimate of drug-likeness (QED) is 0.533. The first-order valence-electron chi connectivity index (χ1n) is 7.99. The minimum atomic E-state index is -1.24. The van der Waals surface area contributed by atoms with Gasteiger partial charge in [-0.2, -0.15) is 0 Å². The lowest BCUT2D eigenvalue weighted by molar-refractivity contribution is -0.922. The Bertz CT molecular complexity index is 641. The Balaban J connectivity index is 2.06. The molecule has 0 unspecified atom stereocenters. The van der Waals surface area contributed by atoms with Crippen LogP contribution < -0.4 is 15.3 Å². The molecule has 8 nitrogen and oxygen atoms in total. The number of carbonyl (C=O) groups is 2. The number of benzene rings is 1. The van der Waals surface area contributed by atoms with Crippen molar-refractivity contribution in [3.05, 3.63) is 33.9 Å². The third-order valence-corrected chi connectivity index (χ3v) is 4.37. The molecule has 1 aromatic rings. The Morgan fingerprint density at radius 2 is 1.96 bits per heavy atom. The van der Waals surface area contributed by atoms with Gasteiger partial charge in [-0.3, -0.25) is 14.9 Å². The van der Waals surface area contributed by atoms with Crippen molar-refractivity contribution in [2.24, 2.45) is 0 Å². The topological polar surface area (TPSA) is 117 Å². The first-order chi connectivity index (χ1) is 11.4. The van der Waals surface area contributed by atoms with Crippen LogP contribution in [-0.4, -0.2) is 35.9 Å². The second-order valence-electron chi connectivity index (χ2n) is 6.10. The number of nitro benzene ring substituents is 1. The number of quaternary nitrogens is 1. The van der Waals surface area contributed by atoms with Crippen LogP contribution in [0.15, 0.2) is 18.2 Å². The van der Waals surface area contributed by atoms with Crippen molar-refractivity contribution >= 4 is 23.3 Å². The van der Waals surface area contributed by atoms with E-state index in [1.807, 2.05) is 0 Å². The molecule has 1 atom stereocenters. The molecule has 130 valence electrons. The minimum absolute atomic E-state index is 0.131. The number of nitrogens with zero attached hydrogens (tertiary/aromatic N) is 1. The van der Waals surface area contributed by atoms with Crippen molar-refractivity contribution in [3.63, 3.8) is 0 Å². The number of piperidine rings is 1. The van der Waals surface area contributed by atoms with Gasteiger partial charge in [0.1, 0.15) is 6.04 Å². The van der Waals surface area contributed by atoms with Crippen LogP contribution in [0.5, 0.6) is 0 Å². The van der Waals surface area contributed by atoms with Crippen molar-refractivity contribution in [3.8, 4) is 0 Å². The number of carboxylic acid groups (broad SMARTS) is 1. The van der Waals surface area contributed by atoms with Gasteiger partial charge in [0.05, 0.1) is 36.1 Å². The number of rotatable bonds is 6.